The van der Waals surface area contributed by atoms with Gasteiger partial charge in [-0.3, -0.25) is 0 Å². The van der Waals surface area contributed by atoms with Gasteiger partial charge in [0, 0.05) is 10.8 Å². The van der Waals surface area contributed by atoms with E-state index in [-0.39, 0.29) is 11.4 Å². The van der Waals surface area contributed by atoms with E-state index < -0.39 is 5.97 Å². The van der Waals surface area contributed by atoms with E-state index >= 15 is 0 Å². The second kappa shape index (κ2) is 2.88. The number of halogens is 1. The number of carbonyl (C=O) groups is 1. The molecule has 1 aromatic rings. The smallest absolute Gasteiger partial charge is 0.335 e. The average molecular weight is 215 g/mol. The standard InChI is InChI=1S/C12H6FNO2/c13-7-1-2-10-9(5-7)8-3-6(12(15)16)4-11(8)14-10/h1-5H,(H,15,16). The molecule has 4 heteroatoms. The molecule has 1 N–H and O–H groups in total. The maximum Gasteiger partial charge on any atom is 0.335 e. The fourth-order valence-corrected chi connectivity index (χ4v) is 1.88. The summed E-state index contributed by atoms with van der Waals surface area (Å²) >= 11 is 0. The van der Waals surface area contributed by atoms with E-state index in [9.17, 15) is 9.18 Å². The van der Waals surface area contributed by atoms with E-state index in [1.807, 2.05) is 0 Å². The lowest BCUT2D eigenvalue weighted by atomic mass is 10.2. The van der Waals surface area contributed by atoms with Gasteiger partial charge in [-0.1, -0.05) is 0 Å². The maximum absolute atomic E-state index is 13.1. The summed E-state index contributed by atoms with van der Waals surface area (Å²) < 4.78 is 13.1. The predicted octanol–water partition coefficient (Wildman–Crippen LogP) is 0.518. The molecule has 0 aromatic heterocycles. The van der Waals surface area contributed by atoms with Gasteiger partial charge in [-0.25, -0.2) is 14.2 Å². The van der Waals surface area contributed by atoms with Crippen LogP contribution in [-0.4, -0.2) is 11.1 Å². The largest absolute Gasteiger partial charge is 0.478 e. The minimum atomic E-state index is -0.998. The minimum absolute atomic E-state index is 0.184. The first-order chi connectivity index (χ1) is 7.65. The monoisotopic (exact) mass is 215 g/mol. The fourth-order valence-electron chi connectivity index (χ4n) is 1.88. The average Bonchev–Trinajstić information content (AvgIpc) is 2.75. The first kappa shape index (κ1) is 9.03. The molecule has 1 aliphatic carbocycles. The fraction of sp³-hybridized carbons (Fsp3) is 0. The van der Waals surface area contributed by atoms with Gasteiger partial charge in [-0.2, -0.15) is 0 Å². The molecule has 0 unspecified atom stereocenters. The highest BCUT2D eigenvalue weighted by Crippen LogP contribution is 2.25. The Morgan fingerprint density at radius 2 is 2.12 bits per heavy atom. The van der Waals surface area contributed by atoms with Crippen molar-refractivity contribution in [3.8, 4) is 0 Å². The first-order valence-electron chi connectivity index (χ1n) is 4.71. The Morgan fingerprint density at radius 1 is 1.31 bits per heavy atom. The van der Waals surface area contributed by atoms with Crippen molar-refractivity contribution >= 4 is 11.5 Å². The molecular formula is C12H6FNO2. The molecule has 16 heavy (non-hydrogen) atoms. The molecule has 0 radical (unpaired) electrons. The molecular weight excluding hydrogens is 209 g/mol. The van der Waals surface area contributed by atoms with E-state index in [4.69, 9.17) is 5.11 Å². The molecule has 1 heterocycles. The van der Waals surface area contributed by atoms with Gasteiger partial charge in [0.2, 0.25) is 0 Å². The molecule has 1 aliphatic heterocycles. The van der Waals surface area contributed by atoms with Crippen molar-refractivity contribution < 1.29 is 14.3 Å². The van der Waals surface area contributed by atoms with Crippen molar-refractivity contribution in [2.45, 2.75) is 0 Å². The van der Waals surface area contributed by atoms with E-state index in [1.54, 1.807) is 6.07 Å². The summed E-state index contributed by atoms with van der Waals surface area (Å²) in [4.78, 5) is 15.0. The Bertz CT molecular complexity index is 698. The zero-order valence-electron chi connectivity index (χ0n) is 8.07. The van der Waals surface area contributed by atoms with Crippen LogP contribution in [0.1, 0.15) is 0 Å². The number of fused-ring (bicyclic) bond motifs is 2. The quantitative estimate of drug-likeness (QED) is 0.742. The number of allylic oxidation sites excluding steroid dienone is 1. The molecule has 78 valence electrons. The van der Waals surface area contributed by atoms with Crippen molar-refractivity contribution in [1.29, 1.82) is 0 Å². The number of carboxylic acid groups (broad SMARTS) is 1. The topological polar surface area (TPSA) is 49.7 Å². The van der Waals surface area contributed by atoms with E-state index in [2.05, 4.69) is 4.99 Å². The van der Waals surface area contributed by atoms with Gasteiger partial charge in [-0.05, 0) is 30.4 Å². The zero-order valence-corrected chi connectivity index (χ0v) is 8.07. The van der Waals surface area contributed by atoms with Crippen LogP contribution in [-0.2, 0) is 4.79 Å². The zero-order chi connectivity index (χ0) is 11.3. The molecule has 0 amide bonds. The molecule has 3 rings (SSSR count). The van der Waals surface area contributed by atoms with Crippen LogP contribution in [0.4, 0.5) is 4.39 Å². The summed E-state index contributed by atoms with van der Waals surface area (Å²) in [5.41, 5.74) is 1.47. The van der Waals surface area contributed by atoms with Gasteiger partial charge in [0.05, 0.1) is 16.6 Å². The Morgan fingerprint density at radius 3 is 2.88 bits per heavy atom. The van der Waals surface area contributed by atoms with Crippen LogP contribution in [0.2, 0.25) is 0 Å². The minimum Gasteiger partial charge on any atom is -0.478 e. The molecule has 2 aliphatic rings. The molecule has 0 atom stereocenters. The number of hydrogen-bond acceptors (Lipinski definition) is 2. The van der Waals surface area contributed by atoms with Gasteiger partial charge in [0.1, 0.15) is 5.82 Å². The van der Waals surface area contributed by atoms with Gasteiger partial charge < -0.3 is 5.11 Å². The highest BCUT2D eigenvalue weighted by atomic mass is 19.1. The van der Waals surface area contributed by atoms with E-state index in [1.165, 1.54) is 24.3 Å². The Balaban J connectivity index is 2.34. The normalized spacial score (nSPS) is 16.2. The summed E-state index contributed by atoms with van der Waals surface area (Å²) in [5.74, 6) is -1.34. The van der Waals surface area contributed by atoms with Crippen LogP contribution in [0, 0.1) is 5.82 Å². The van der Waals surface area contributed by atoms with Crippen LogP contribution in [0.15, 0.2) is 46.6 Å². The maximum atomic E-state index is 13.1. The summed E-state index contributed by atoms with van der Waals surface area (Å²) in [6.45, 7) is 0. The van der Waals surface area contributed by atoms with Crippen molar-refractivity contribution in [3.63, 3.8) is 0 Å². The lowest BCUT2D eigenvalue weighted by Gasteiger charge is -1.89. The molecule has 0 saturated carbocycles. The van der Waals surface area contributed by atoms with Crippen LogP contribution in [0.5, 0.6) is 0 Å². The van der Waals surface area contributed by atoms with Crippen molar-refractivity contribution in [3.05, 3.63) is 58.0 Å². The lowest BCUT2D eigenvalue weighted by molar-refractivity contribution is -0.132. The molecule has 1 aromatic carbocycles. The van der Waals surface area contributed by atoms with Crippen LogP contribution >= 0.6 is 0 Å². The molecule has 0 bridgehead atoms. The summed E-state index contributed by atoms with van der Waals surface area (Å²) in [5, 5.41) is 10.2. The number of benzene rings is 1. The number of carboxylic acids is 1. The molecule has 0 saturated heterocycles. The first-order valence-corrected chi connectivity index (χ1v) is 4.71. The Kier molecular flexibility index (Phi) is 1.63. The second-order valence-corrected chi connectivity index (χ2v) is 3.62. The second-order valence-electron chi connectivity index (χ2n) is 3.62. The van der Waals surface area contributed by atoms with Gasteiger partial charge in [0.15, 0.2) is 0 Å². The molecule has 3 nitrogen and oxygen atoms in total. The van der Waals surface area contributed by atoms with E-state index in [0.29, 0.717) is 21.8 Å². The lowest BCUT2D eigenvalue weighted by Crippen LogP contribution is -2.22. The van der Waals surface area contributed by atoms with Crippen LogP contribution in [0.25, 0.3) is 5.57 Å². The molecule has 0 fully saturated rings. The number of nitrogens with zero attached hydrogens (tertiary/aromatic N) is 1. The summed E-state index contributed by atoms with van der Waals surface area (Å²) in [6.07, 6.45) is 3.02. The van der Waals surface area contributed by atoms with Crippen molar-refractivity contribution in [2.75, 3.05) is 0 Å². The number of hydrogen-bond donors (Lipinski definition) is 1. The van der Waals surface area contributed by atoms with Crippen LogP contribution in [0.3, 0.4) is 0 Å². The molecule has 0 spiro atoms. The number of aliphatic carboxylic acids is 1. The third-order valence-electron chi connectivity index (χ3n) is 2.60. The third-order valence-corrected chi connectivity index (χ3v) is 2.60. The van der Waals surface area contributed by atoms with E-state index in [0.717, 1.165) is 0 Å². The Hall–Kier alpha value is -2.23. The summed E-state index contributed by atoms with van der Waals surface area (Å²) in [6, 6.07) is 4.30. The third kappa shape index (κ3) is 1.13. The Labute approximate surface area is 89.6 Å². The highest BCUT2D eigenvalue weighted by molar-refractivity contribution is 5.98. The van der Waals surface area contributed by atoms with Gasteiger partial charge in [0.25, 0.3) is 0 Å². The number of rotatable bonds is 1. The SMILES string of the molecule is O=C(O)C1=CC2=c3cc(F)ccc3=NC2=C1. The summed E-state index contributed by atoms with van der Waals surface area (Å²) in [7, 11) is 0. The predicted molar refractivity (Wildman–Crippen MR) is 54.4 cm³/mol. The van der Waals surface area contributed by atoms with Gasteiger partial charge >= 0.3 is 5.97 Å². The van der Waals surface area contributed by atoms with Crippen molar-refractivity contribution in [1.82, 2.24) is 0 Å². The van der Waals surface area contributed by atoms with Crippen LogP contribution < -0.4 is 10.6 Å². The van der Waals surface area contributed by atoms with Crippen molar-refractivity contribution in [2.24, 2.45) is 4.99 Å². The highest BCUT2D eigenvalue weighted by Gasteiger charge is 2.20. The van der Waals surface area contributed by atoms with Gasteiger partial charge in [-0.15, -0.1) is 0 Å².